The van der Waals surface area contributed by atoms with Crippen LogP contribution < -0.4 is 0 Å². The standard InChI is InChI=1S/C49H33N3S/c1-49(2)39-27-32(48-50-41(30-13-5-3-6-14-30)29-42(51-48)31-15-7-4-8-16-31)21-23-34(39)35-24-22-33(28-40(35)49)52-43-19-11-9-18-38(43)46-44(52)26-25-37-36-17-10-12-20-45(36)53-47(37)46/h3-29H,1-2H3. The zero-order valence-electron chi connectivity index (χ0n) is 29.3. The highest BCUT2D eigenvalue weighted by Crippen LogP contribution is 2.51. The number of aromatic nitrogens is 3. The van der Waals surface area contributed by atoms with Gasteiger partial charge in [0.05, 0.1) is 22.4 Å². The molecule has 4 heteroatoms. The van der Waals surface area contributed by atoms with Crippen molar-refractivity contribution in [1.82, 2.24) is 14.5 Å². The van der Waals surface area contributed by atoms with Crippen molar-refractivity contribution in [2.75, 3.05) is 0 Å². The van der Waals surface area contributed by atoms with Crippen LogP contribution in [0, 0.1) is 0 Å². The highest BCUT2D eigenvalue weighted by molar-refractivity contribution is 7.26. The summed E-state index contributed by atoms with van der Waals surface area (Å²) in [5, 5.41) is 5.28. The highest BCUT2D eigenvalue weighted by atomic mass is 32.1. The predicted molar refractivity (Wildman–Crippen MR) is 223 cm³/mol. The lowest BCUT2D eigenvalue weighted by Crippen LogP contribution is -2.15. The van der Waals surface area contributed by atoms with Crippen LogP contribution in [-0.4, -0.2) is 14.5 Å². The summed E-state index contributed by atoms with van der Waals surface area (Å²) in [6.07, 6.45) is 0. The summed E-state index contributed by atoms with van der Waals surface area (Å²) in [6, 6.07) is 59.0. The normalized spacial score (nSPS) is 13.2. The number of thiophene rings is 1. The van der Waals surface area contributed by atoms with Gasteiger partial charge in [-0.3, -0.25) is 0 Å². The molecule has 0 atom stereocenters. The van der Waals surface area contributed by atoms with Crippen molar-refractivity contribution in [3.63, 3.8) is 0 Å². The molecule has 1 aliphatic rings. The van der Waals surface area contributed by atoms with E-state index < -0.39 is 0 Å². The van der Waals surface area contributed by atoms with Gasteiger partial charge in [0, 0.05) is 58.7 Å². The van der Waals surface area contributed by atoms with Crippen molar-refractivity contribution in [2.45, 2.75) is 19.3 Å². The van der Waals surface area contributed by atoms with Crippen molar-refractivity contribution < 1.29 is 0 Å². The molecule has 7 aromatic carbocycles. The van der Waals surface area contributed by atoms with Gasteiger partial charge in [0.25, 0.3) is 0 Å². The fraction of sp³-hybridized carbons (Fsp3) is 0.0612. The van der Waals surface area contributed by atoms with Gasteiger partial charge in [-0.15, -0.1) is 11.3 Å². The number of hydrogen-bond donors (Lipinski definition) is 0. The summed E-state index contributed by atoms with van der Waals surface area (Å²) >= 11 is 1.90. The molecule has 0 amide bonds. The molecule has 3 aromatic heterocycles. The zero-order chi connectivity index (χ0) is 35.3. The van der Waals surface area contributed by atoms with E-state index in [0.717, 1.165) is 33.9 Å². The zero-order valence-corrected chi connectivity index (χ0v) is 30.2. The van der Waals surface area contributed by atoms with Gasteiger partial charge < -0.3 is 4.57 Å². The maximum absolute atomic E-state index is 5.15. The first-order valence-corrected chi connectivity index (χ1v) is 19.0. The molecule has 0 fully saturated rings. The van der Waals surface area contributed by atoms with Crippen LogP contribution in [0.4, 0.5) is 0 Å². The fourth-order valence-electron chi connectivity index (χ4n) is 8.61. The molecule has 0 unspecified atom stereocenters. The Morgan fingerprint density at radius 1 is 0.491 bits per heavy atom. The molecule has 3 nitrogen and oxygen atoms in total. The van der Waals surface area contributed by atoms with E-state index in [1.807, 2.05) is 23.5 Å². The summed E-state index contributed by atoms with van der Waals surface area (Å²) in [5.74, 6) is 0.735. The van der Waals surface area contributed by atoms with Crippen LogP contribution in [0.15, 0.2) is 164 Å². The van der Waals surface area contributed by atoms with Crippen LogP contribution in [0.5, 0.6) is 0 Å². The minimum Gasteiger partial charge on any atom is -0.309 e. The van der Waals surface area contributed by atoms with E-state index in [1.165, 1.54) is 69.9 Å². The van der Waals surface area contributed by atoms with Gasteiger partial charge in [-0.2, -0.15) is 0 Å². The minimum atomic E-state index is -0.229. The van der Waals surface area contributed by atoms with Crippen LogP contribution in [0.3, 0.4) is 0 Å². The monoisotopic (exact) mass is 695 g/mol. The Morgan fingerprint density at radius 2 is 1.11 bits per heavy atom. The first-order valence-electron chi connectivity index (χ1n) is 18.2. The van der Waals surface area contributed by atoms with E-state index in [-0.39, 0.29) is 5.41 Å². The number of hydrogen-bond acceptors (Lipinski definition) is 3. The molecular formula is C49H33N3S. The summed E-state index contributed by atoms with van der Waals surface area (Å²) in [7, 11) is 0. The highest BCUT2D eigenvalue weighted by Gasteiger charge is 2.36. The molecule has 0 N–H and O–H groups in total. The molecule has 0 saturated heterocycles. The molecule has 11 rings (SSSR count). The van der Waals surface area contributed by atoms with E-state index in [1.54, 1.807) is 0 Å². The van der Waals surface area contributed by atoms with Crippen LogP contribution in [-0.2, 0) is 5.41 Å². The molecule has 250 valence electrons. The molecule has 3 heterocycles. The number of nitrogens with zero attached hydrogens (tertiary/aromatic N) is 3. The first kappa shape index (κ1) is 30.3. The van der Waals surface area contributed by atoms with E-state index in [2.05, 4.69) is 170 Å². The molecular weight excluding hydrogens is 663 g/mol. The third-order valence-electron chi connectivity index (χ3n) is 11.2. The number of para-hydroxylation sites is 1. The maximum atomic E-state index is 5.15. The van der Waals surface area contributed by atoms with Crippen molar-refractivity contribution >= 4 is 53.3 Å². The quantitative estimate of drug-likeness (QED) is 0.183. The van der Waals surface area contributed by atoms with Crippen LogP contribution in [0.2, 0.25) is 0 Å². The number of rotatable bonds is 4. The molecule has 10 aromatic rings. The van der Waals surface area contributed by atoms with Crippen LogP contribution >= 0.6 is 11.3 Å². The predicted octanol–water partition coefficient (Wildman–Crippen LogP) is 13.2. The van der Waals surface area contributed by atoms with Crippen molar-refractivity contribution in [1.29, 1.82) is 0 Å². The second kappa shape index (κ2) is 11.3. The van der Waals surface area contributed by atoms with Gasteiger partial charge in [0.1, 0.15) is 0 Å². The topological polar surface area (TPSA) is 30.7 Å². The Bertz CT molecular complexity index is 3020. The smallest absolute Gasteiger partial charge is 0.160 e. The molecule has 0 bridgehead atoms. The fourth-order valence-corrected chi connectivity index (χ4v) is 9.87. The van der Waals surface area contributed by atoms with Gasteiger partial charge in [-0.05, 0) is 64.7 Å². The molecule has 0 radical (unpaired) electrons. The van der Waals surface area contributed by atoms with E-state index in [0.29, 0.717) is 0 Å². The molecule has 0 aliphatic heterocycles. The number of benzene rings is 7. The summed E-state index contributed by atoms with van der Waals surface area (Å²) in [6.45, 7) is 4.71. The largest absolute Gasteiger partial charge is 0.309 e. The lowest BCUT2D eigenvalue weighted by molar-refractivity contribution is 0.660. The average molecular weight is 696 g/mol. The lowest BCUT2D eigenvalue weighted by Gasteiger charge is -2.23. The minimum absolute atomic E-state index is 0.229. The summed E-state index contributed by atoms with van der Waals surface area (Å²) in [4.78, 5) is 10.3. The SMILES string of the molecule is CC1(C)c2cc(-c3nc(-c4ccccc4)cc(-c4ccccc4)n3)ccc2-c2ccc(-n3c4ccccc4c4c5sc6ccccc6c5ccc43)cc21. The Morgan fingerprint density at radius 3 is 1.85 bits per heavy atom. The second-order valence-electron chi connectivity index (χ2n) is 14.6. The third kappa shape index (κ3) is 4.52. The van der Waals surface area contributed by atoms with Crippen molar-refractivity contribution in [2.24, 2.45) is 0 Å². The third-order valence-corrected chi connectivity index (χ3v) is 12.4. The van der Waals surface area contributed by atoms with Gasteiger partial charge in [-0.1, -0.05) is 135 Å². The number of fused-ring (bicyclic) bond motifs is 10. The Labute approximate surface area is 311 Å². The van der Waals surface area contributed by atoms with Crippen molar-refractivity contribution in [3.05, 3.63) is 175 Å². The van der Waals surface area contributed by atoms with Gasteiger partial charge in [0.2, 0.25) is 0 Å². The van der Waals surface area contributed by atoms with Gasteiger partial charge in [-0.25, -0.2) is 9.97 Å². The first-order chi connectivity index (χ1) is 26.0. The lowest BCUT2D eigenvalue weighted by atomic mass is 9.81. The van der Waals surface area contributed by atoms with E-state index in [4.69, 9.17) is 9.97 Å². The second-order valence-corrected chi connectivity index (χ2v) is 15.6. The van der Waals surface area contributed by atoms with E-state index in [9.17, 15) is 0 Å². The summed E-state index contributed by atoms with van der Waals surface area (Å²) < 4.78 is 5.15. The molecule has 0 saturated carbocycles. The van der Waals surface area contributed by atoms with E-state index >= 15 is 0 Å². The molecule has 53 heavy (non-hydrogen) atoms. The summed E-state index contributed by atoms with van der Waals surface area (Å²) in [5.41, 5.74) is 13.6. The molecule has 0 spiro atoms. The van der Waals surface area contributed by atoms with Gasteiger partial charge >= 0.3 is 0 Å². The Hall–Kier alpha value is -6.36. The van der Waals surface area contributed by atoms with Gasteiger partial charge in [0.15, 0.2) is 5.82 Å². The van der Waals surface area contributed by atoms with Crippen LogP contribution in [0.25, 0.3) is 92.7 Å². The van der Waals surface area contributed by atoms with Crippen molar-refractivity contribution in [3.8, 4) is 50.7 Å². The Kier molecular flexibility index (Phi) is 6.47. The molecule has 1 aliphatic carbocycles. The Balaban J connectivity index is 1.06. The average Bonchev–Trinajstić information content (AvgIpc) is 3.83. The maximum Gasteiger partial charge on any atom is 0.160 e. The van der Waals surface area contributed by atoms with Crippen LogP contribution in [0.1, 0.15) is 25.0 Å².